The van der Waals surface area contributed by atoms with Crippen LogP contribution in [-0.4, -0.2) is 77.9 Å². The van der Waals surface area contributed by atoms with Crippen LogP contribution in [0.15, 0.2) is 18.7 Å². The van der Waals surface area contributed by atoms with Gasteiger partial charge in [0.25, 0.3) is 0 Å². The molecule has 0 radical (unpaired) electrons. The quantitative estimate of drug-likeness (QED) is 0.467. The van der Waals surface area contributed by atoms with E-state index in [1.54, 1.807) is 9.80 Å². The molecule has 14 heteroatoms. The molecule has 210 valence electrons. The van der Waals surface area contributed by atoms with E-state index >= 15 is 0 Å². The summed E-state index contributed by atoms with van der Waals surface area (Å²) in [6, 6.07) is -0.209. The predicted molar refractivity (Wildman–Crippen MR) is 137 cm³/mol. The Morgan fingerprint density at radius 2 is 1.72 bits per heavy atom. The SMILES string of the molecule is C[C@@H]1CN(c2ncnc3c2C(C)(C)CN3c2cn3c(C(F)(F)F)nnc3cn2)[C@@H](C)CN1C(=O)OC(C)(C)C. The van der Waals surface area contributed by atoms with Gasteiger partial charge >= 0.3 is 12.3 Å². The number of alkyl halides is 3. The number of aromatic nitrogens is 6. The topological polar surface area (TPSA) is 105 Å². The van der Waals surface area contributed by atoms with Crippen molar-refractivity contribution in [1.82, 2.24) is 34.4 Å². The van der Waals surface area contributed by atoms with Gasteiger partial charge in [-0.1, -0.05) is 13.8 Å². The number of piperazine rings is 1. The zero-order valence-electron chi connectivity index (χ0n) is 23.0. The molecule has 0 saturated carbocycles. The van der Waals surface area contributed by atoms with Crippen LogP contribution in [0.25, 0.3) is 5.65 Å². The van der Waals surface area contributed by atoms with Crippen LogP contribution in [0.2, 0.25) is 0 Å². The number of hydrogen-bond acceptors (Lipinski definition) is 9. The molecule has 1 saturated heterocycles. The molecule has 1 amide bonds. The molecule has 0 unspecified atom stereocenters. The van der Waals surface area contributed by atoms with Gasteiger partial charge in [-0.05, 0) is 34.6 Å². The molecule has 2 aliphatic heterocycles. The highest BCUT2D eigenvalue weighted by atomic mass is 19.4. The van der Waals surface area contributed by atoms with Gasteiger partial charge in [0, 0.05) is 42.7 Å². The van der Waals surface area contributed by atoms with E-state index < -0.39 is 23.0 Å². The van der Waals surface area contributed by atoms with E-state index in [0.717, 1.165) is 15.8 Å². The molecule has 11 nitrogen and oxygen atoms in total. The van der Waals surface area contributed by atoms with Crippen LogP contribution in [0, 0.1) is 0 Å². The number of fused-ring (bicyclic) bond motifs is 2. The van der Waals surface area contributed by atoms with Gasteiger partial charge in [0.15, 0.2) is 11.5 Å². The highest BCUT2D eigenvalue weighted by molar-refractivity contribution is 5.74. The molecule has 3 aromatic rings. The van der Waals surface area contributed by atoms with Crippen molar-refractivity contribution in [3.8, 4) is 0 Å². The van der Waals surface area contributed by atoms with Crippen LogP contribution in [0.3, 0.4) is 0 Å². The van der Waals surface area contributed by atoms with E-state index in [1.165, 1.54) is 18.7 Å². The highest BCUT2D eigenvalue weighted by Gasteiger charge is 2.44. The Bertz CT molecular complexity index is 1420. The van der Waals surface area contributed by atoms with Crippen molar-refractivity contribution < 1.29 is 22.7 Å². The van der Waals surface area contributed by atoms with Gasteiger partial charge in [0.05, 0.1) is 12.4 Å². The molecule has 39 heavy (non-hydrogen) atoms. The number of carbonyl (C=O) groups excluding carboxylic acids is 1. The molecule has 3 aromatic heterocycles. The van der Waals surface area contributed by atoms with Gasteiger partial charge in [0.2, 0.25) is 5.82 Å². The summed E-state index contributed by atoms with van der Waals surface area (Å²) in [6.45, 7) is 15.0. The van der Waals surface area contributed by atoms with Crippen molar-refractivity contribution in [2.45, 2.75) is 77.7 Å². The molecular formula is C25H32F3N9O2. The Morgan fingerprint density at radius 1 is 1.03 bits per heavy atom. The number of amides is 1. The number of anilines is 3. The van der Waals surface area contributed by atoms with Crippen LogP contribution in [0.1, 0.15) is 59.9 Å². The number of halogens is 3. The second kappa shape index (κ2) is 8.91. The van der Waals surface area contributed by atoms with Crippen LogP contribution in [0.5, 0.6) is 0 Å². The van der Waals surface area contributed by atoms with Crippen molar-refractivity contribution in [2.24, 2.45) is 0 Å². The van der Waals surface area contributed by atoms with Gasteiger partial charge in [-0.2, -0.15) is 13.2 Å². The Morgan fingerprint density at radius 3 is 2.38 bits per heavy atom. The lowest BCUT2D eigenvalue weighted by Gasteiger charge is -2.45. The van der Waals surface area contributed by atoms with Gasteiger partial charge in [-0.15, -0.1) is 10.2 Å². The monoisotopic (exact) mass is 547 g/mol. The third kappa shape index (κ3) is 4.80. The molecular weight excluding hydrogens is 515 g/mol. The summed E-state index contributed by atoms with van der Waals surface area (Å²) in [6.07, 6.45) is -1.00. The maximum Gasteiger partial charge on any atom is 0.452 e. The number of hydrogen-bond donors (Lipinski definition) is 0. The lowest BCUT2D eigenvalue weighted by Crippen LogP contribution is -2.59. The average Bonchev–Trinajstić information content (AvgIpc) is 3.37. The summed E-state index contributed by atoms with van der Waals surface area (Å²) in [5, 5.41) is 6.89. The first kappa shape index (κ1) is 26.9. The molecule has 0 aliphatic carbocycles. The first-order chi connectivity index (χ1) is 18.1. The second-order valence-corrected chi connectivity index (χ2v) is 11.8. The summed E-state index contributed by atoms with van der Waals surface area (Å²) in [5.41, 5.74) is -0.174. The molecule has 1 fully saturated rings. The van der Waals surface area contributed by atoms with Gasteiger partial charge in [-0.3, -0.25) is 4.40 Å². The fourth-order valence-electron chi connectivity index (χ4n) is 5.25. The zero-order chi connectivity index (χ0) is 28.5. The van der Waals surface area contributed by atoms with Crippen LogP contribution < -0.4 is 9.80 Å². The van der Waals surface area contributed by atoms with Crippen LogP contribution in [0.4, 0.5) is 35.4 Å². The fraction of sp³-hybridized carbons (Fsp3) is 0.600. The number of nitrogens with zero attached hydrogens (tertiary/aromatic N) is 9. The van der Waals surface area contributed by atoms with Crippen molar-refractivity contribution in [3.05, 3.63) is 30.1 Å². The maximum absolute atomic E-state index is 13.5. The predicted octanol–water partition coefficient (Wildman–Crippen LogP) is 4.20. The summed E-state index contributed by atoms with van der Waals surface area (Å²) < 4.78 is 47.0. The molecule has 5 rings (SSSR count). The minimum Gasteiger partial charge on any atom is -0.444 e. The standard InChI is InChI=1S/C25H32F3N9O2/c1-14-10-35(22(38)39-23(3,4)5)15(2)9-34(14)19-18-20(31-13-30-19)37(12-24(18,6)7)17-11-36-16(8-29-17)32-33-21(36)25(26,27)28/h8,11,13-15H,9-10,12H2,1-7H3/t14-,15+/m0/s1. The van der Waals surface area contributed by atoms with E-state index in [9.17, 15) is 18.0 Å². The molecule has 2 aliphatic rings. The fourth-order valence-corrected chi connectivity index (χ4v) is 5.25. The molecule has 0 aromatic carbocycles. The van der Waals surface area contributed by atoms with Gasteiger partial charge in [0.1, 0.15) is 23.6 Å². The van der Waals surface area contributed by atoms with E-state index in [-0.39, 0.29) is 23.8 Å². The number of carbonyl (C=O) groups is 1. The molecule has 2 atom stereocenters. The van der Waals surface area contributed by atoms with E-state index in [0.29, 0.717) is 31.3 Å². The number of rotatable bonds is 2. The second-order valence-electron chi connectivity index (χ2n) is 11.8. The van der Waals surface area contributed by atoms with Crippen molar-refractivity contribution >= 4 is 29.2 Å². The summed E-state index contributed by atoms with van der Waals surface area (Å²) >= 11 is 0. The lowest BCUT2D eigenvalue weighted by molar-refractivity contribution is -0.145. The zero-order valence-corrected chi connectivity index (χ0v) is 23.0. The molecule has 0 bridgehead atoms. The van der Waals surface area contributed by atoms with E-state index in [4.69, 9.17) is 4.74 Å². The van der Waals surface area contributed by atoms with Crippen LogP contribution >= 0.6 is 0 Å². The average molecular weight is 548 g/mol. The minimum absolute atomic E-state index is 0.00111. The molecule has 0 spiro atoms. The third-order valence-electron chi connectivity index (χ3n) is 6.99. The van der Waals surface area contributed by atoms with Crippen molar-refractivity contribution in [1.29, 1.82) is 0 Å². The lowest BCUT2D eigenvalue weighted by atomic mass is 9.87. The maximum atomic E-state index is 13.5. The first-order valence-electron chi connectivity index (χ1n) is 12.7. The molecule has 0 N–H and O–H groups in total. The minimum atomic E-state index is -4.66. The normalized spacial score (nSPS) is 21.4. The van der Waals surface area contributed by atoms with Crippen molar-refractivity contribution in [2.75, 3.05) is 29.4 Å². The highest BCUT2D eigenvalue weighted by Crippen LogP contribution is 2.47. The Hall–Kier alpha value is -3.71. The van der Waals surface area contributed by atoms with Gasteiger partial charge in [-0.25, -0.2) is 19.7 Å². The largest absolute Gasteiger partial charge is 0.452 e. The Kier molecular flexibility index (Phi) is 6.14. The Balaban J connectivity index is 1.49. The molecule has 5 heterocycles. The van der Waals surface area contributed by atoms with Gasteiger partial charge < -0.3 is 19.4 Å². The number of ether oxygens (including phenoxy) is 1. The smallest absolute Gasteiger partial charge is 0.444 e. The summed E-state index contributed by atoms with van der Waals surface area (Å²) in [4.78, 5) is 32.1. The first-order valence-corrected chi connectivity index (χ1v) is 12.7. The Labute approximate surface area is 224 Å². The van der Waals surface area contributed by atoms with E-state index in [2.05, 4.69) is 30.0 Å². The third-order valence-corrected chi connectivity index (χ3v) is 6.99. The summed E-state index contributed by atoms with van der Waals surface area (Å²) in [5.74, 6) is 0.485. The van der Waals surface area contributed by atoms with E-state index in [1.807, 2.05) is 48.5 Å². The van der Waals surface area contributed by atoms with Crippen LogP contribution in [-0.2, 0) is 16.3 Å². The summed E-state index contributed by atoms with van der Waals surface area (Å²) in [7, 11) is 0. The van der Waals surface area contributed by atoms with Crippen molar-refractivity contribution in [3.63, 3.8) is 0 Å².